The van der Waals surface area contributed by atoms with Gasteiger partial charge in [0.1, 0.15) is 6.17 Å². The van der Waals surface area contributed by atoms with Gasteiger partial charge in [-0.2, -0.15) is 0 Å². The van der Waals surface area contributed by atoms with Crippen LogP contribution in [-0.2, 0) is 0 Å². The van der Waals surface area contributed by atoms with E-state index in [9.17, 15) is 4.39 Å². The Morgan fingerprint density at radius 3 is 2.85 bits per heavy atom. The van der Waals surface area contributed by atoms with Gasteiger partial charge >= 0.3 is 0 Å². The molecule has 1 aromatic carbocycles. The maximum atomic E-state index is 11.8. The number of rotatable bonds is 0. The second-order valence-electron chi connectivity index (χ2n) is 2.60. The van der Waals surface area contributed by atoms with Crippen LogP contribution in [0.25, 0.3) is 10.9 Å². The lowest BCUT2D eigenvalue weighted by Crippen LogP contribution is -1.82. The molecule has 0 aliphatic carbocycles. The topological polar surface area (TPSA) is 12.9 Å². The molecular formula is C11H6FN. The van der Waals surface area contributed by atoms with Crippen molar-refractivity contribution in [3.05, 3.63) is 42.1 Å². The predicted octanol–water partition coefficient (Wildman–Crippen LogP) is 2.51. The molecule has 0 N–H and O–H groups in total. The number of halogens is 1. The van der Waals surface area contributed by atoms with Crippen LogP contribution in [0, 0.1) is 12.1 Å². The fraction of sp³-hybridized carbons (Fsp3) is 0. The van der Waals surface area contributed by atoms with E-state index in [1.165, 1.54) is 6.17 Å². The number of aromatic nitrogens is 1. The van der Waals surface area contributed by atoms with Crippen molar-refractivity contribution in [3.63, 3.8) is 0 Å². The van der Waals surface area contributed by atoms with E-state index in [1.54, 1.807) is 12.3 Å². The van der Waals surface area contributed by atoms with Gasteiger partial charge in [0.25, 0.3) is 0 Å². The molecule has 0 atom stereocenters. The van der Waals surface area contributed by atoms with Crippen molar-refractivity contribution in [2.24, 2.45) is 0 Å². The molecular weight excluding hydrogens is 165 g/mol. The number of para-hydroxylation sites is 1. The van der Waals surface area contributed by atoms with Crippen LogP contribution in [0.5, 0.6) is 0 Å². The second-order valence-corrected chi connectivity index (χ2v) is 2.60. The molecule has 0 fully saturated rings. The van der Waals surface area contributed by atoms with Gasteiger partial charge in [0.05, 0.1) is 11.1 Å². The van der Waals surface area contributed by atoms with Crippen LogP contribution < -0.4 is 0 Å². The molecule has 2 aromatic rings. The van der Waals surface area contributed by atoms with E-state index in [0.717, 1.165) is 10.9 Å². The minimum Gasteiger partial charge on any atom is -0.255 e. The molecule has 2 rings (SSSR count). The molecule has 1 aromatic heterocycles. The first-order valence-corrected chi connectivity index (χ1v) is 3.87. The van der Waals surface area contributed by atoms with Gasteiger partial charge in [-0.05, 0) is 18.1 Å². The van der Waals surface area contributed by atoms with Crippen molar-refractivity contribution in [1.82, 2.24) is 4.98 Å². The Balaban J connectivity index is 2.80. The van der Waals surface area contributed by atoms with Crippen LogP contribution >= 0.6 is 0 Å². The minimum atomic E-state index is 0.626. The lowest BCUT2D eigenvalue weighted by molar-refractivity contribution is 0.774. The summed E-state index contributed by atoms with van der Waals surface area (Å²) in [5, 5.41) is 0.975. The molecule has 0 unspecified atom stereocenters. The molecule has 0 spiro atoms. The number of hydrogen-bond acceptors (Lipinski definition) is 1. The molecule has 13 heavy (non-hydrogen) atoms. The summed E-state index contributed by atoms with van der Waals surface area (Å²) in [5.74, 6) is 2.37. The van der Waals surface area contributed by atoms with Crippen LogP contribution in [0.15, 0.2) is 36.5 Å². The third kappa shape index (κ3) is 1.36. The standard InChI is InChI=1S/C11H6FN/c12-7-6-10-4-1-3-9-5-2-8-13-11(9)10/h1-5,8H. The van der Waals surface area contributed by atoms with Crippen LogP contribution in [0.1, 0.15) is 5.56 Å². The summed E-state index contributed by atoms with van der Waals surface area (Å²) in [6.45, 7) is 0. The van der Waals surface area contributed by atoms with Gasteiger partial charge in [0.2, 0.25) is 0 Å². The van der Waals surface area contributed by atoms with E-state index >= 15 is 0 Å². The number of pyridine rings is 1. The number of hydrogen-bond donors (Lipinski definition) is 0. The van der Waals surface area contributed by atoms with Gasteiger partial charge < -0.3 is 0 Å². The van der Waals surface area contributed by atoms with E-state index in [-0.39, 0.29) is 0 Å². The van der Waals surface area contributed by atoms with Gasteiger partial charge in [-0.15, -0.1) is 4.39 Å². The number of fused-ring (bicyclic) bond motifs is 1. The van der Waals surface area contributed by atoms with Crippen LogP contribution in [0.3, 0.4) is 0 Å². The Hall–Kier alpha value is -1.88. The maximum absolute atomic E-state index is 11.8. The summed E-state index contributed by atoms with van der Waals surface area (Å²) in [5.41, 5.74) is 1.37. The highest BCUT2D eigenvalue weighted by atomic mass is 19.1. The van der Waals surface area contributed by atoms with Gasteiger partial charge in [-0.3, -0.25) is 4.98 Å². The molecule has 0 amide bonds. The molecule has 2 heteroatoms. The molecule has 0 aliphatic rings. The summed E-state index contributed by atoms with van der Waals surface area (Å²) >= 11 is 0. The fourth-order valence-electron chi connectivity index (χ4n) is 1.26. The van der Waals surface area contributed by atoms with Crippen LogP contribution in [0.4, 0.5) is 4.39 Å². The predicted molar refractivity (Wildman–Crippen MR) is 49.7 cm³/mol. The number of nitrogens with zero attached hydrogens (tertiary/aromatic N) is 1. The minimum absolute atomic E-state index is 0.626. The van der Waals surface area contributed by atoms with Gasteiger partial charge in [0, 0.05) is 11.6 Å². The smallest absolute Gasteiger partial charge is 0.111 e. The zero-order chi connectivity index (χ0) is 9.10. The summed E-state index contributed by atoms with van der Waals surface area (Å²) in [4.78, 5) is 4.13. The Bertz CT molecular complexity index is 489. The third-order valence-corrected chi connectivity index (χ3v) is 1.81. The molecule has 0 bridgehead atoms. The van der Waals surface area contributed by atoms with E-state index in [4.69, 9.17) is 0 Å². The second kappa shape index (κ2) is 3.24. The summed E-state index contributed by atoms with van der Waals surface area (Å²) in [6, 6.07) is 9.28. The Kier molecular flexibility index (Phi) is 1.93. The van der Waals surface area contributed by atoms with Gasteiger partial charge in [-0.1, -0.05) is 18.2 Å². The fourth-order valence-corrected chi connectivity index (χ4v) is 1.26. The molecule has 1 heterocycles. The molecule has 0 saturated carbocycles. The summed E-state index contributed by atoms with van der Waals surface area (Å²) in [6.07, 6.45) is 3.06. The first-order chi connectivity index (χ1) is 6.42. The van der Waals surface area contributed by atoms with Crippen molar-refractivity contribution < 1.29 is 4.39 Å². The molecule has 0 radical (unpaired) electrons. The first-order valence-electron chi connectivity index (χ1n) is 3.87. The normalized spacial score (nSPS) is 9.31. The highest BCUT2D eigenvalue weighted by Crippen LogP contribution is 2.14. The van der Waals surface area contributed by atoms with Crippen LogP contribution in [0.2, 0.25) is 0 Å². The molecule has 62 valence electrons. The maximum Gasteiger partial charge on any atom is 0.111 e. The Labute approximate surface area is 75.2 Å². The van der Waals surface area contributed by atoms with E-state index in [1.807, 2.05) is 24.3 Å². The number of benzene rings is 1. The van der Waals surface area contributed by atoms with E-state index in [0.29, 0.717) is 5.56 Å². The first kappa shape index (κ1) is 7.75. The largest absolute Gasteiger partial charge is 0.255 e. The van der Waals surface area contributed by atoms with Gasteiger partial charge in [0.15, 0.2) is 0 Å². The molecule has 1 nitrogen and oxygen atoms in total. The zero-order valence-electron chi connectivity index (χ0n) is 6.79. The Morgan fingerprint density at radius 2 is 2.00 bits per heavy atom. The highest BCUT2D eigenvalue weighted by Gasteiger charge is 1.97. The lowest BCUT2D eigenvalue weighted by atomic mass is 10.1. The molecule has 0 saturated heterocycles. The summed E-state index contributed by atoms with van der Waals surface area (Å²) in [7, 11) is 0. The quantitative estimate of drug-likeness (QED) is 0.555. The summed E-state index contributed by atoms with van der Waals surface area (Å²) < 4.78 is 11.8. The average molecular weight is 171 g/mol. The van der Waals surface area contributed by atoms with Crippen molar-refractivity contribution in [3.8, 4) is 12.1 Å². The van der Waals surface area contributed by atoms with Gasteiger partial charge in [-0.25, -0.2) is 0 Å². The van der Waals surface area contributed by atoms with E-state index < -0.39 is 0 Å². The van der Waals surface area contributed by atoms with Crippen molar-refractivity contribution >= 4 is 10.9 Å². The Morgan fingerprint density at radius 1 is 1.15 bits per heavy atom. The third-order valence-electron chi connectivity index (χ3n) is 1.81. The van der Waals surface area contributed by atoms with Crippen molar-refractivity contribution in [2.45, 2.75) is 0 Å². The highest BCUT2D eigenvalue weighted by molar-refractivity contribution is 5.84. The van der Waals surface area contributed by atoms with Crippen LogP contribution in [-0.4, -0.2) is 4.98 Å². The SMILES string of the molecule is FC#Cc1cccc2cccnc12. The average Bonchev–Trinajstić information content (AvgIpc) is 2.19. The van der Waals surface area contributed by atoms with Crippen molar-refractivity contribution in [1.29, 1.82) is 0 Å². The van der Waals surface area contributed by atoms with Crippen molar-refractivity contribution in [2.75, 3.05) is 0 Å². The van der Waals surface area contributed by atoms with E-state index in [2.05, 4.69) is 10.9 Å². The zero-order valence-corrected chi connectivity index (χ0v) is 6.79. The monoisotopic (exact) mass is 171 g/mol. The lowest BCUT2D eigenvalue weighted by Gasteiger charge is -1.97. The molecule has 0 aliphatic heterocycles.